The molecule has 0 radical (unpaired) electrons. The molecule has 0 aromatic heterocycles. The number of hydrogen-bond acceptors (Lipinski definition) is 3. The average molecular weight is 283 g/mol. The van der Waals surface area contributed by atoms with Gasteiger partial charge in [-0.15, -0.1) is 0 Å². The maximum absolute atomic E-state index is 12.5. The molecule has 1 aliphatic heterocycles. The zero-order valence-electron chi connectivity index (χ0n) is 11.4. The summed E-state index contributed by atoms with van der Waals surface area (Å²) >= 11 is 0. The summed E-state index contributed by atoms with van der Waals surface area (Å²) in [5.74, 6) is 0.596. The normalized spacial score (nSPS) is 18.4. The number of benzene rings is 1. The highest BCUT2D eigenvalue weighted by molar-refractivity contribution is 7.90. The first-order chi connectivity index (χ1) is 8.93. The molecule has 5 nitrogen and oxygen atoms in total. The minimum absolute atomic E-state index is 0.471. The van der Waals surface area contributed by atoms with Crippen molar-refractivity contribution >= 4 is 21.6 Å². The number of para-hydroxylation sites is 2. The van der Waals surface area contributed by atoms with Gasteiger partial charge in [-0.1, -0.05) is 19.1 Å². The second-order valence-corrected chi connectivity index (χ2v) is 7.08. The third-order valence-electron chi connectivity index (χ3n) is 3.69. The molecule has 0 bridgehead atoms. The first-order valence-corrected chi connectivity index (χ1v) is 7.91. The fourth-order valence-corrected chi connectivity index (χ4v) is 3.72. The standard InChI is InChI=1S/C13H21N3O2S/c1-11-7-9-16(10-8-11)19(17,18)15(2)13-6-4-3-5-12(13)14/h3-6,11H,7-10,14H2,1-2H3. The van der Waals surface area contributed by atoms with Crippen molar-refractivity contribution in [2.45, 2.75) is 19.8 Å². The minimum Gasteiger partial charge on any atom is -0.397 e. The summed E-state index contributed by atoms with van der Waals surface area (Å²) in [6.45, 7) is 3.32. The van der Waals surface area contributed by atoms with E-state index in [2.05, 4.69) is 6.92 Å². The van der Waals surface area contributed by atoms with Gasteiger partial charge in [0.2, 0.25) is 0 Å². The van der Waals surface area contributed by atoms with E-state index in [-0.39, 0.29) is 0 Å². The first kappa shape index (κ1) is 14.1. The summed E-state index contributed by atoms with van der Waals surface area (Å²) in [6, 6.07) is 7.01. The van der Waals surface area contributed by atoms with E-state index in [9.17, 15) is 8.42 Å². The Morgan fingerprint density at radius 2 is 1.84 bits per heavy atom. The van der Waals surface area contributed by atoms with Gasteiger partial charge in [0, 0.05) is 20.1 Å². The van der Waals surface area contributed by atoms with Gasteiger partial charge < -0.3 is 5.73 Å². The van der Waals surface area contributed by atoms with Gasteiger partial charge in [0.15, 0.2) is 0 Å². The van der Waals surface area contributed by atoms with Crippen LogP contribution in [0.3, 0.4) is 0 Å². The molecular weight excluding hydrogens is 262 g/mol. The fraction of sp³-hybridized carbons (Fsp3) is 0.538. The molecule has 0 amide bonds. The highest BCUT2D eigenvalue weighted by Crippen LogP contribution is 2.27. The molecule has 0 spiro atoms. The quantitative estimate of drug-likeness (QED) is 0.858. The Morgan fingerprint density at radius 3 is 2.42 bits per heavy atom. The van der Waals surface area contributed by atoms with Crippen LogP contribution in [0.5, 0.6) is 0 Å². The molecular formula is C13H21N3O2S. The molecule has 2 N–H and O–H groups in total. The summed E-state index contributed by atoms with van der Waals surface area (Å²) < 4.78 is 27.9. The molecule has 19 heavy (non-hydrogen) atoms. The highest BCUT2D eigenvalue weighted by Gasteiger charge is 2.30. The SMILES string of the molecule is CC1CCN(S(=O)(=O)N(C)c2ccccc2N)CC1. The van der Waals surface area contributed by atoms with E-state index < -0.39 is 10.2 Å². The van der Waals surface area contributed by atoms with E-state index in [1.54, 1.807) is 35.6 Å². The van der Waals surface area contributed by atoms with E-state index in [1.165, 1.54) is 4.31 Å². The maximum atomic E-state index is 12.5. The zero-order valence-corrected chi connectivity index (χ0v) is 12.2. The van der Waals surface area contributed by atoms with Crippen molar-refractivity contribution in [2.24, 2.45) is 5.92 Å². The second kappa shape index (κ2) is 5.38. The molecule has 0 atom stereocenters. The van der Waals surface area contributed by atoms with Gasteiger partial charge in [-0.3, -0.25) is 4.31 Å². The van der Waals surface area contributed by atoms with Crippen LogP contribution in [0.4, 0.5) is 11.4 Å². The van der Waals surface area contributed by atoms with Crippen LogP contribution in [0.1, 0.15) is 19.8 Å². The third-order valence-corrected chi connectivity index (χ3v) is 5.60. The third kappa shape index (κ3) is 2.84. The minimum atomic E-state index is -3.47. The van der Waals surface area contributed by atoms with Crippen LogP contribution in [0, 0.1) is 5.92 Å². The second-order valence-electron chi connectivity index (χ2n) is 5.12. The Kier molecular flexibility index (Phi) is 4.01. The van der Waals surface area contributed by atoms with E-state index in [1.807, 2.05) is 0 Å². The molecule has 0 saturated carbocycles. The summed E-state index contributed by atoms with van der Waals surface area (Å²) in [7, 11) is -1.92. The van der Waals surface area contributed by atoms with Gasteiger partial charge in [-0.2, -0.15) is 12.7 Å². The molecule has 1 fully saturated rings. The Morgan fingerprint density at radius 1 is 1.26 bits per heavy atom. The molecule has 1 heterocycles. The largest absolute Gasteiger partial charge is 0.397 e. The van der Waals surface area contributed by atoms with Gasteiger partial charge in [0.25, 0.3) is 0 Å². The predicted molar refractivity (Wildman–Crippen MR) is 78.1 cm³/mol. The Labute approximate surface area is 115 Å². The van der Waals surface area contributed by atoms with Crippen molar-refractivity contribution in [1.29, 1.82) is 0 Å². The monoisotopic (exact) mass is 283 g/mol. The lowest BCUT2D eigenvalue weighted by atomic mass is 10.0. The number of nitrogens with two attached hydrogens (primary N) is 1. The van der Waals surface area contributed by atoms with Crippen molar-refractivity contribution in [1.82, 2.24) is 4.31 Å². The summed E-state index contributed by atoms with van der Waals surface area (Å²) in [6.07, 6.45) is 1.83. The van der Waals surface area contributed by atoms with Gasteiger partial charge in [-0.05, 0) is 30.9 Å². The number of nitrogens with zero attached hydrogens (tertiary/aromatic N) is 2. The molecule has 0 aliphatic carbocycles. The number of piperidine rings is 1. The molecule has 6 heteroatoms. The lowest BCUT2D eigenvalue weighted by molar-refractivity contribution is 0.287. The first-order valence-electron chi connectivity index (χ1n) is 6.51. The molecule has 106 valence electrons. The lowest BCUT2D eigenvalue weighted by Gasteiger charge is -2.33. The number of anilines is 2. The predicted octanol–water partition coefficient (Wildman–Crippen LogP) is 1.68. The molecule has 1 saturated heterocycles. The van der Waals surface area contributed by atoms with Crippen molar-refractivity contribution in [3.63, 3.8) is 0 Å². The van der Waals surface area contributed by atoms with Crippen molar-refractivity contribution in [3.05, 3.63) is 24.3 Å². The highest BCUT2D eigenvalue weighted by atomic mass is 32.2. The van der Waals surface area contributed by atoms with E-state index >= 15 is 0 Å². The van der Waals surface area contributed by atoms with Gasteiger partial charge >= 0.3 is 10.2 Å². The van der Waals surface area contributed by atoms with Crippen molar-refractivity contribution in [2.75, 3.05) is 30.2 Å². The van der Waals surface area contributed by atoms with Crippen LogP contribution < -0.4 is 10.0 Å². The van der Waals surface area contributed by atoms with Gasteiger partial charge in [0.05, 0.1) is 11.4 Å². The van der Waals surface area contributed by atoms with E-state index in [0.717, 1.165) is 12.8 Å². The fourth-order valence-electron chi connectivity index (χ4n) is 2.29. The van der Waals surface area contributed by atoms with E-state index in [4.69, 9.17) is 5.73 Å². The molecule has 1 aromatic rings. The zero-order chi connectivity index (χ0) is 14.0. The summed E-state index contributed by atoms with van der Waals surface area (Å²) in [4.78, 5) is 0. The lowest BCUT2D eigenvalue weighted by Crippen LogP contribution is -2.45. The van der Waals surface area contributed by atoms with Crippen LogP contribution in [-0.4, -0.2) is 32.9 Å². The maximum Gasteiger partial charge on any atom is 0.303 e. The van der Waals surface area contributed by atoms with Crippen LogP contribution in [0.2, 0.25) is 0 Å². The van der Waals surface area contributed by atoms with Crippen molar-refractivity contribution in [3.8, 4) is 0 Å². The van der Waals surface area contributed by atoms with Crippen molar-refractivity contribution < 1.29 is 8.42 Å². The van der Waals surface area contributed by atoms with Crippen LogP contribution in [-0.2, 0) is 10.2 Å². The molecule has 1 aliphatic rings. The molecule has 0 unspecified atom stereocenters. The Bertz CT molecular complexity index is 537. The molecule has 1 aromatic carbocycles. The number of rotatable bonds is 3. The number of nitrogen functional groups attached to an aromatic ring is 1. The Balaban J connectivity index is 2.22. The van der Waals surface area contributed by atoms with Crippen LogP contribution >= 0.6 is 0 Å². The number of hydrogen-bond donors (Lipinski definition) is 1. The van der Waals surface area contributed by atoms with Crippen LogP contribution in [0.15, 0.2) is 24.3 Å². The topological polar surface area (TPSA) is 66.6 Å². The summed E-state index contributed by atoms with van der Waals surface area (Å²) in [5, 5.41) is 0. The summed E-state index contributed by atoms with van der Waals surface area (Å²) in [5.41, 5.74) is 6.85. The average Bonchev–Trinajstić information content (AvgIpc) is 2.39. The Hall–Kier alpha value is -1.27. The van der Waals surface area contributed by atoms with E-state index in [0.29, 0.717) is 30.4 Å². The molecule has 2 rings (SSSR count). The van der Waals surface area contributed by atoms with Crippen LogP contribution in [0.25, 0.3) is 0 Å². The van der Waals surface area contributed by atoms with Gasteiger partial charge in [0.1, 0.15) is 0 Å². The van der Waals surface area contributed by atoms with Gasteiger partial charge in [-0.25, -0.2) is 0 Å². The smallest absolute Gasteiger partial charge is 0.303 e.